The molecule has 0 unspecified atom stereocenters. The van der Waals surface area contributed by atoms with Gasteiger partial charge in [-0.1, -0.05) is 37.6 Å². The van der Waals surface area contributed by atoms with Crippen LogP contribution in [0.2, 0.25) is 0 Å². The van der Waals surface area contributed by atoms with Gasteiger partial charge in [0.15, 0.2) is 0 Å². The molecule has 3 nitrogen and oxygen atoms in total. The molecule has 0 spiro atoms. The van der Waals surface area contributed by atoms with Gasteiger partial charge in [-0.3, -0.25) is 4.79 Å². The van der Waals surface area contributed by atoms with E-state index in [0.29, 0.717) is 12.1 Å². The Labute approximate surface area is 119 Å². The molecule has 3 N–H and O–H groups in total. The molecule has 1 amide bonds. The van der Waals surface area contributed by atoms with E-state index in [9.17, 15) is 4.79 Å². The van der Waals surface area contributed by atoms with E-state index in [0.717, 1.165) is 24.1 Å². The van der Waals surface area contributed by atoms with Crippen LogP contribution >= 0.6 is 0 Å². The van der Waals surface area contributed by atoms with Crippen molar-refractivity contribution in [3.63, 3.8) is 0 Å². The number of amides is 1. The number of rotatable bonds is 5. The summed E-state index contributed by atoms with van der Waals surface area (Å²) in [6.45, 7) is 2.59. The van der Waals surface area contributed by atoms with Gasteiger partial charge in [0.1, 0.15) is 0 Å². The van der Waals surface area contributed by atoms with Crippen LogP contribution in [0, 0.1) is 0 Å². The predicted octanol–water partition coefficient (Wildman–Crippen LogP) is 3.35. The van der Waals surface area contributed by atoms with Gasteiger partial charge in [0, 0.05) is 17.8 Å². The van der Waals surface area contributed by atoms with Crippen molar-refractivity contribution in [2.24, 2.45) is 5.73 Å². The van der Waals surface area contributed by atoms with Crippen LogP contribution < -0.4 is 11.1 Å². The normalized spacial score (nSPS) is 10.3. The highest BCUT2D eigenvalue weighted by Crippen LogP contribution is 2.13. The summed E-state index contributed by atoms with van der Waals surface area (Å²) in [4.78, 5) is 12.1. The van der Waals surface area contributed by atoms with Crippen LogP contribution in [0.15, 0.2) is 48.5 Å². The molecule has 0 aliphatic carbocycles. The van der Waals surface area contributed by atoms with E-state index in [-0.39, 0.29) is 5.91 Å². The Hall–Kier alpha value is -2.13. The molecule has 0 fully saturated rings. The fourth-order valence-corrected chi connectivity index (χ4v) is 2.09. The van der Waals surface area contributed by atoms with Crippen molar-refractivity contribution < 1.29 is 4.79 Å². The fourth-order valence-electron chi connectivity index (χ4n) is 2.09. The molecule has 0 saturated heterocycles. The third kappa shape index (κ3) is 3.68. The summed E-state index contributed by atoms with van der Waals surface area (Å²) < 4.78 is 0. The first kappa shape index (κ1) is 14.3. The van der Waals surface area contributed by atoms with Crippen LogP contribution in [0.4, 0.5) is 5.69 Å². The molecule has 0 aromatic heterocycles. The maximum atomic E-state index is 12.1. The largest absolute Gasteiger partial charge is 0.326 e. The van der Waals surface area contributed by atoms with Crippen LogP contribution in [0.25, 0.3) is 0 Å². The van der Waals surface area contributed by atoms with Crippen LogP contribution in [0.1, 0.15) is 34.8 Å². The first-order chi connectivity index (χ1) is 9.72. The van der Waals surface area contributed by atoms with Crippen molar-refractivity contribution in [3.05, 3.63) is 65.2 Å². The lowest BCUT2D eigenvalue weighted by molar-refractivity contribution is 0.102. The monoisotopic (exact) mass is 268 g/mol. The molecule has 20 heavy (non-hydrogen) atoms. The zero-order valence-electron chi connectivity index (χ0n) is 11.7. The number of carbonyl (C=O) groups excluding carboxylic acids is 1. The highest BCUT2D eigenvalue weighted by Gasteiger charge is 2.06. The van der Waals surface area contributed by atoms with Gasteiger partial charge in [0.2, 0.25) is 0 Å². The molecule has 2 aromatic rings. The lowest BCUT2D eigenvalue weighted by Crippen LogP contribution is -2.12. The Balaban J connectivity index is 2.06. The number of nitrogens with one attached hydrogen (secondary N) is 1. The number of nitrogens with two attached hydrogens (primary N) is 1. The van der Waals surface area contributed by atoms with Gasteiger partial charge in [-0.15, -0.1) is 0 Å². The molecule has 104 valence electrons. The van der Waals surface area contributed by atoms with E-state index in [1.807, 2.05) is 30.3 Å². The average molecular weight is 268 g/mol. The Morgan fingerprint density at radius 3 is 2.50 bits per heavy atom. The number of carbonyl (C=O) groups is 1. The topological polar surface area (TPSA) is 55.1 Å². The van der Waals surface area contributed by atoms with Gasteiger partial charge in [-0.05, 0) is 41.8 Å². The number of anilines is 1. The number of benzene rings is 2. The second-order valence-electron chi connectivity index (χ2n) is 4.81. The molecule has 0 aliphatic heterocycles. The summed E-state index contributed by atoms with van der Waals surface area (Å²) in [5, 5.41) is 2.90. The number of aryl methyl sites for hydroxylation is 1. The lowest BCUT2D eigenvalue weighted by Gasteiger charge is -2.07. The first-order valence-electron chi connectivity index (χ1n) is 6.92. The summed E-state index contributed by atoms with van der Waals surface area (Å²) in [5.41, 5.74) is 9.27. The highest BCUT2D eigenvalue weighted by molar-refractivity contribution is 6.04. The van der Waals surface area contributed by atoms with Crippen LogP contribution in [-0.2, 0) is 13.0 Å². The third-order valence-corrected chi connectivity index (χ3v) is 3.18. The van der Waals surface area contributed by atoms with Crippen molar-refractivity contribution >= 4 is 11.6 Å². The summed E-state index contributed by atoms with van der Waals surface area (Å²) >= 11 is 0. The quantitative estimate of drug-likeness (QED) is 0.873. The second kappa shape index (κ2) is 6.87. The van der Waals surface area contributed by atoms with Crippen molar-refractivity contribution in [1.29, 1.82) is 0 Å². The molecule has 3 heteroatoms. The van der Waals surface area contributed by atoms with Gasteiger partial charge in [0.25, 0.3) is 5.91 Å². The van der Waals surface area contributed by atoms with Crippen LogP contribution in [0.3, 0.4) is 0 Å². The number of hydrogen-bond acceptors (Lipinski definition) is 2. The van der Waals surface area contributed by atoms with E-state index in [4.69, 9.17) is 5.73 Å². The minimum Gasteiger partial charge on any atom is -0.326 e. The molecule has 0 heterocycles. The van der Waals surface area contributed by atoms with E-state index in [1.165, 1.54) is 5.56 Å². The molecule has 0 radical (unpaired) electrons. The van der Waals surface area contributed by atoms with E-state index in [2.05, 4.69) is 24.4 Å². The Morgan fingerprint density at radius 2 is 1.85 bits per heavy atom. The SMILES string of the molecule is CCCc1ccc(NC(=O)c2cccc(CN)c2)cc1. The first-order valence-corrected chi connectivity index (χ1v) is 6.92. The Kier molecular flexibility index (Phi) is 4.91. The minimum absolute atomic E-state index is 0.108. The summed E-state index contributed by atoms with van der Waals surface area (Å²) in [6, 6.07) is 15.4. The van der Waals surface area contributed by atoms with Gasteiger partial charge < -0.3 is 11.1 Å². The Morgan fingerprint density at radius 1 is 1.10 bits per heavy atom. The van der Waals surface area contributed by atoms with Gasteiger partial charge in [-0.2, -0.15) is 0 Å². The second-order valence-corrected chi connectivity index (χ2v) is 4.81. The Bertz CT molecular complexity index is 576. The average Bonchev–Trinajstić information content (AvgIpc) is 2.49. The minimum atomic E-state index is -0.108. The summed E-state index contributed by atoms with van der Waals surface area (Å²) in [6.07, 6.45) is 2.18. The molecular weight excluding hydrogens is 248 g/mol. The predicted molar refractivity (Wildman–Crippen MR) is 82.7 cm³/mol. The zero-order chi connectivity index (χ0) is 14.4. The van der Waals surface area contributed by atoms with Crippen molar-refractivity contribution in [3.8, 4) is 0 Å². The maximum absolute atomic E-state index is 12.1. The molecule has 0 atom stereocenters. The standard InChI is InChI=1S/C17H20N2O/c1-2-4-13-7-9-16(10-8-13)19-17(20)15-6-3-5-14(11-15)12-18/h3,5-11H,2,4,12,18H2,1H3,(H,19,20). The van der Waals surface area contributed by atoms with Crippen molar-refractivity contribution in [2.45, 2.75) is 26.3 Å². The maximum Gasteiger partial charge on any atom is 0.255 e. The van der Waals surface area contributed by atoms with Gasteiger partial charge in [0.05, 0.1) is 0 Å². The summed E-state index contributed by atoms with van der Waals surface area (Å²) in [5.74, 6) is -0.108. The van der Waals surface area contributed by atoms with Gasteiger partial charge >= 0.3 is 0 Å². The molecule has 0 bridgehead atoms. The summed E-state index contributed by atoms with van der Waals surface area (Å²) in [7, 11) is 0. The third-order valence-electron chi connectivity index (χ3n) is 3.18. The lowest BCUT2D eigenvalue weighted by atomic mass is 10.1. The van der Waals surface area contributed by atoms with Crippen molar-refractivity contribution in [2.75, 3.05) is 5.32 Å². The fraction of sp³-hybridized carbons (Fsp3) is 0.235. The molecule has 2 rings (SSSR count). The zero-order valence-corrected chi connectivity index (χ0v) is 11.7. The van der Waals surface area contributed by atoms with Crippen LogP contribution in [0.5, 0.6) is 0 Å². The van der Waals surface area contributed by atoms with Gasteiger partial charge in [-0.25, -0.2) is 0 Å². The van der Waals surface area contributed by atoms with E-state index < -0.39 is 0 Å². The molecule has 0 saturated carbocycles. The van der Waals surface area contributed by atoms with Crippen LogP contribution in [-0.4, -0.2) is 5.91 Å². The molecular formula is C17H20N2O. The molecule has 2 aromatic carbocycles. The molecule has 0 aliphatic rings. The van der Waals surface area contributed by atoms with E-state index >= 15 is 0 Å². The van der Waals surface area contributed by atoms with E-state index in [1.54, 1.807) is 6.07 Å². The van der Waals surface area contributed by atoms with Crippen molar-refractivity contribution in [1.82, 2.24) is 0 Å². The number of hydrogen-bond donors (Lipinski definition) is 2. The highest BCUT2D eigenvalue weighted by atomic mass is 16.1. The smallest absolute Gasteiger partial charge is 0.255 e.